The van der Waals surface area contributed by atoms with E-state index in [2.05, 4.69) is 15.1 Å². The van der Waals surface area contributed by atoms with Crippen LogP contribution in [0.3, 0.4) is 0 Å². The van der Waals surface area contributed by atoms with Gasteiger partial charge in [0, 0.05) is 31.9 Å². The molecule has 0 radical (unpaired) electrons. The van der Waals surface area contributed by atoms with Crippen LogP contribution in [0.15, 0.2) is 17.3 Å². The average Bonchev–Trinajstić information content (AvgIpc) is 3.04. The molecule has 1 fully saturated rings. The van der Waals surface area contributed by atoms with Gasteiger partial charge in [-0.15, -0.1) is 0 Å². The lowest BCUT2D eigenvalue weighted by atomic mass is 10.4. The molecule has 1 aliphatic rings. The van der Waals surface area contributed by atoms with Gasteiger partial charge >= 0.3 is 0 Å². The molecule has 7 nitrogen and oxygen atoms in total. The molecule has 0 spiro atoms. The molecule has 1 aliphatic carbocycles. The number of nitrogens with one attached hydrogen (secondary N) is 2. The Bertz CT molecular complexity index is 525. The Morgan fingerprint density at radius 1 is 1.55 bits per heavy atom. The minimum absolute atomic E-state index is 0.187. The van der Waals surface area contributed by atoms with E-state index in [1.807, 2.05) is 0 Å². The second kappa shape index (κ2) is 6.66. The fraction of sp³-hybridized carbons (Fsp3) is 0.750. The molecule has 2 N–H and O–H groups in total. The Labute approximate surface area is 119 Å². The largest absolute Gasteiger partial charge is 0.383 e. The normalized spacial score (nSPS) is 17.3. The number of methoxy groups -OCH3 is 1. The number of ether oxygens (including phenoxy) is 1. The van der Waals surface area contributed by atoms with Crippen LogP contribution < -0.4 is 10.0 Å². The van der Waals surface area contributed by atoms with E-state index < -0.39 is 10.0 Å². The van der Waals surface area contributed by atoms with Crippen molar-refractivity contribution in [3.8, 4) is 0 Å². The van der Waals surface area contributed by atoms with Crippen molar-refractivity contribution in [3.63, 3.8) is 0 Å². The van der Waals surface area contributed by atoms with Crippen LogP contribution in [0.25, 0.3) is 0 Å². The summed E-state index contributed by atoms with van der Waals surface area (Å²) in [6.07, 6.45) is 5.40. The average molecular weight is 302 g/mol. The summed E-state index contributed by atoms with van der Waals surface area (Å²) in [5, 5.41) is 7.44. The van der Waals surface area contributed by atoms with Crippen LogP contribution in [0.5, 0.6) is 0 Å². The first-order valence-corrected chi connectivity index (χ1v) is 8.26. The zero-order valence-electron chi connectivity index (χ0n) is 11.9. The molecule has 114 valence electrons. The van der Waals surface area contributed by atoms with Crippen molar-refractivity contribution < 1.29 is 13.2 Å². The molecule has 1 saturated carbocycles. The van der Waals surface area contributed by atoms with Crippen LogP contribution in [0.1, 0.15) is 19.8 Å². The fourth-order valence-corrected chi connectivity index (χ4v) is 3.07. The molecule has 0 saturated heterocycles. The second-order valence-corrected chi connectivity index (χ2v) is 6.86. The van der Waals surface area contributed by atoms with Crippen LogP contribution >= 0.6 is 0 Å². The third kappa shape index (κ3) is 4.55. The highest BCUT2D eigenvalue weighted by Crippen LogP contribution is 2.18. The third-order valence-corrected chi connectivity index (χ3v) is 4.59. The Morgan fingerprint density at radius 2 is 2.30 bits per heavy atom. The van der Waals surface area contributed by atoms with Gasteiger partial charge in [0.05, 0.1) is 19.3 Å². The summed E-state index contributed by atoms with van der Waals surface area (Å²) in [6.45, 7) is 3.56. The Kier molecular flexibility index (Phi) is 5.14. The fourth-order valence-electron chi connectivity index (χ4n) is 1.89. The van der Waals surface area contributed by atoms with E-state index in [0.29, 0.717) is 19.2 Å². The molecule has 1 aromatic heterocycles. The molecular weight excluding hydrogens is 280 g/mol. The van der Waals surface area contributed by atoms with Gasteiger partial charge in [-0.2, -0.15) is 5.10 Å². The summed E-state index contributed by atoms with van der Waals surface area (Å²) in [5.74, 6) is 0. The molecule has 1 atom stereocenters. The number of nitrogens with zero attached hydrogens (tertiary/aromatic N) is 2. The number of hydrogen-bond acceptors (Lipinski definition) is 5. The van der Waals surface area contributed by atoms with Crippen LogP contribution in [-0.2, 0) is 21.3 Å². The summed E-state index contributed by atoms with van der Waals surface area (Å²) in [5.41, 5.74) is 0. The van der Waals surface area contributed by atoms with Crippen LogP contribution in [0, 0.1) is 0 Å². The maximum Gasteiger partial charge on any atom is 0.244 e. The van der Waals surface area contributed by atoms with Gasteiger partial charge in [0.2, 0.25) is 10.0 Å². The number of hydrogen-bond donors (Lipinski definition) is 2. The minimum atomic E-state index is -3.52. The SMILES string of the molecule is COCC(C)NS(=O)(=O)c1cnn(CCNC2CC2)c1. The van der Waals surface area contributed by atoms with Gasteiger partial charge in [-0.25, -0.2) is 13.1 Å². The lowest BCUT2D eigenvalue weighted by Gasteiger charge is -2.11. The number of sulfonamides is 1. The highest BCUT2D eigenvalue weighted by molar-refractivity contribution is 7.89. The molecule has 0 aromatic carbocycles. The van der Waals surface area contributed by atoms with E-state index in [9.17, 15) is 8.42 Å². The topological polar surface area (TPSA) is 85.2 Å². The minimum Gasteiger partial charge on any atom is -0.383 e. The summed E-state index contributed by atoms with van der Waals surface area (Å²) in [7, 11) is -1.99. The molecular formula is C12H22N4O3S. The first-order chi connectivity index (χ1) is 9.51. The maximum atomic E-state index is 12.1. The van der Waals surface area contributed by atoms with E-state index in [4.69, 9.17) is 4.74 Å². The van der Waals surface area contributed by atoms with Gasteiger partial charge in [-0.3, -0.25) is 4.68 Å². The van der Waals surface area contributed by atoms with E-state index >= 15 is 0 Å². The predicted molar refractivity (Wildman–Crippen MR) is 74.9 cm³/mol. The molecule has 1 aromatic rings. The second-order valence-electron chi connectivity index (χ2n) is 5.15. The van der Waals surface area contributed by atoms with Crippen molar-refractivity contribution in [3.05, 3.63) is 12.4 Å². The summed E-state index contributed by atoms with van der Waals surface area (Å²) >= 11 is 0. The Morgan fingerprint density at radius 3 is 2.95 bits per heavy atom. The van der Waals surface area contributed by atoms with Gasteiger partial charge in [-0.1, -0.05) is 0 Å². The monoisotopic (exact) mass is 302 g/mol. The van der Waals surface area contributed by atoms with Crippen LogP contribution in [-0.4, -0.2) is 50.5 Å². The van der Waals surface area contributed by atoms with E-state index in [1.54, 1.807) is 17.8 Å². The number of rotatable bonds is 9. The molecule has 1 unspecified atom stereocenters. The summed E-state index contributed by atoms with van der Waals surface area (Å²) in [6, 6.07) is 0.371. The van der Waals surface area contributed by atoms with Crippen LogP contribution in [0.2, 0.25) is 0 Å². The highest BCUT2D eigenvalue weighted by atomic mass is 32.2. The van der Waals surface area contributed by atoms with E-state index in [-0.39, 0.29) is 10.9 Å². The maximum absolute atomic E-state index is 12.1. The van der Waals surface area contributed by atoms with Crippen molar-refractivity contribution in [1.29, 1.82) is 0 Å². The van der Waals surface area contributed by atoms with Gasteiger partial charge in [0.1, 0.15) is 4.90 Å². The number of aromatic nitrogens is 2. The Hall–Kier alpha value is -0.960. The Balaban J connectivity index is 1.88. The molecule has 20 heavy (non-hydrogen) atoms. The zero-order chi connectivity index (χ0) is 14.6. The summed E-state index contributed by atoms with van der Waals surface area (Å²) < 4.78 is 33.3. The summed E-state index contributed by atoms with van der Waals surface area (Å²) in [4.78, 5) is 0.187. The third-order valence-electron chi connectivity index (χ3n) is 3.04. The predicted octanol–water partition coefficient (Wildman–Crippen LogP) is -0.0517. The van der Waals surface area contributed by atoms with Crippen molar-refractivity contribution >= 4 is 10.0 Å². The van der Waals surface area contributed by atoms with Crippen molar-refractivity contribution in [2.24, 2.45) is 0 Å². The van der Waals surface area contributed by atoms with Crippen molar-refractivity contribution in [2.45, 2.75) is 43.3 Å². The van der Waals surface area contributed by atoms with E-state index in [0.717, 1.165) is 6.54 Å². The first kappa shape index (κ1) is 15.4. The zero-order valence-corrected chi connectivity index (χ0v) is 12.7. The lowest BCUT2D eigenvalue weighted by Crippen LogP contribution is -2.35. The van der Waals surface area contributed by atoms with Gasteiger partial charge in [0.25, 0.3) is 0 Å². The molecule has 0 amide bonds. The quantitative estimate of drug-likeness (QED) is 0.668. The van der Waals surface area contributed by atoms with Gasteiger partial charge in [-0.05, 0) is 19.8 Å². The molecule has 0 bridgehead atoms. The molecule has 1 heterocycles. The van der Waals surface area contributed by atoms with Gasteiger partial charge in [0.15, 0.2) is 0 Å². The van der Waals surface area contributed by atoms with Crippen molar-refractivity contribution in [2.75, 3.05) is 20.3 Å². The molecule has 8 heteroatoms. The van der Waals surface area contributed by atoms with Crippen molar-refractivity contribution in [1.82, 2.24) is 19.8 Å². The van der Waals surface area contributed by atoms with Gasteiger partial charge < -0.3 is 10.1 Å². The molecule has 0 aliphatic heterocycles. The highest BCUT2D eigenvalue weighted by Gasteiger charge is 2.21. The first-order valence-electron chi connectivity index (χ1n) is 6.78. The van der Waals surface area contributed by atoms with E-state index in [1.165, 1.54) is 26.1 Å². The standard InChI is InChI=1S/C12H22N4O3S/c1-10(9-19-2)15-20(17,18)12-7-14-16(8-12)6-5-13-11-3-4-11/h7-8,10-11,13,15H,3-6,9H2,1-2H3. The molecule has 2 rings (SSSR count). The van der Waals surface area contributed by atoms with Crippen LogP contribution in [0.4, 0.5) is 0 Å². The lowest BCUT2D eigenvalue weighted by molar-refractivity contribution is 0.180. The smallest absolute Gasteiger partial charge is 0.244 e.